The van der Waals surface area contributed by atoms with E-state index in [1.807, 2.05) is 33.7 Å². The van der Waals surface area contributed by atoms with Crippen molar-refractivity contribution in [1.82, 2.24) is 4.90 Å². The standard InChI is InChI=1S/C11H21NO3S4/c1-19(13,14)18-10-3-2-9-16-17-11-6-12-4-7-15-8-5-12/h2-3H,4-11H2,1H3. The van der Waals surface area contributed by atoms with Gasteiger partial charge in [-0.25, -0.2) is 8.42 Å². The molecule has 112 valence electrons. The van der Waals surface area contributed by atoms with Gasteiger partial charge in [-0.15, -0.1) is 0 Å². The number of morpholine rings is 1. The minimum Gasteiger partial charge on any atom is -0.379 e. The van der Waals surface area contributed by atoms with Crippen molar-refractivity contribution in [3.05, 3.63) is 12.2 Å². The Morgan fingerprint density at radius 1 is 1.16 bits per heavy atom. The molecule has 0 amide bonds. The minimum atomic E-state index is -2.90. The van der Waals surface area contributed by atoms with Gasteiger partial charge in [-0.2, -0.15) is 0 Å². The third kappa shape index (κ3) is 11.0. The summed E-state index contributed by atoms with van der Waals surface area (Å²) in [5.74, 6) is 2.59. The summed E-state index contributed by atoms with van der Waals surface area (Å²) >= 11 is 0. The largest absolute Gasteiger partial charge is 0.379 e. The van der Waals surface area contributed by atoms with Crippen LogP contribution >= 0.6 is 32.4 Å². The van der Waals surface area contributed by atoms with Crippen LogP contribution < -0.4 is 0 Å². The van der Waals surface area contributed by atoms with Gasteiger partial charge in [-0.05, 0) is 10.8 Å². The highest BCUT2D eigenvalue weighted by Crippen LogP contribution is 2.21. The Morgan fingerprint density at radius 2 is 1.84 bits per heavy atom. The number of hydrogen-bond donors (Lipinski definition) is 0. The fourth-order valence-electron chi connectivity index (χ4n) is 1.44. The zero-order valence-electron chi connectivity index (χ0n) is 11.1. The Balaban J connectivity index is 1.89. The average Bonchev–Trinajstić information content (AvgIpc) is 2.37. The van der Waals surface area contributed by atoms with Crippen molar-refractivity contribution in [1.29, 1.82) is 0 Å². The summed E-state index contributed by atoms with van der Waals surface area (Å²) in [4.78, 5) is 2.43. The molecule has 0 bridgehead atoms. The molecule has 0 unspecified atom stereocenters. The molecule has 1 saturated heterocycles. The Kier molecular flexibility index (Phi) is 9.69. The van der Waals surface area contributed by atoms with Crippen molar-refractivity contribution in [2.45, 2.75) is 0 Å². The van der Waals surface area contributed by atoms with E-state index in [1.54, 1.807) is 0 Å². The van der Waals surface area contributed by atoms with E-state index in [0.29, 0.717) is 5.75 Å². The van der Waals surface area contributed by atoms with E-state index in [2.05, 4.69) is 4.90 Å². The zero-order chi connectivity index (χ0) is 14.0. The van der Waals surface area contributed by atoms with Crippen molar-refractivity contribution in [3.8, 4) is 0 Å². The molecular weight excluding hydrogens is 322 g/mol. The van der Waals surface area contributed by atoms with Crippen LogP contribution in [0.4, 0.5) is 0 Å². The lowest BCUT2D eigenvalue weighted by molar-refractivity contribution is 0.0410. The third-order valence-electron chi connectivity index (χ3n) is 2.39. The Hall–Kier alpha value is 0.660. The van der Waals surface area contributed by atoms with Gasteiger partial charge in [0.25, 0.3) is 0 Å². The SMILES string of the molecule is CS(=O)(=O)SCC=CCSSCCN1CCOCC1. The molecule has 19 heavy (non-hydrogen) atoms. The van der Waals surface area contributed by atoms with E-state index in [1.165, 1.54) is 6.26 Å². The number of nitrogens with zero attached hydrogens (tertiary/aromatic N) is 1. The van der Waals surface area contributed by atoms with Gasteiger partial charge in [0.1, 0.15) is 0 Å². The second kappa shape index (κ2) is 10.4. The Bertz CT molecular complexity index is 353. The van der Waals surface area contributed by atoms with E-state index in [0.717, 1.165) is 55.1 Å². The Labute approximate surface area is 127 Å². The maximum absolute atomic E-state index is 10.9. The molecule has 0 saturated carbocycles. The predicted molar refractivity (Wildman–Crippen MR) is 88.6 cm³/mol. The van der Waals surface area contributed by atoms with Crippen LogP contribution in [0.1, 0.15) is 0 Å². The van der Waals surface area contributed by atoms with Gasteiger partial charge >= 0.3 is 0 Å². The highest BCUT2D eigenvalue weighted by atomic mass is 33.1. The highest BCUT2D eigenvalue weighted by molar-refractivity contribution is 8.76. The van der Waals surface area contributed by atoms with Crippen LogP contribution in [0.2, 0.25) is 0 Å². The second-order valence-electron chi connectivity index (χ2n) is 4.02. The monoisotopic (exact) mass is 343 g/mol. The molecule has 0 N–H and O–H groups in total. The first-order chi connectivity index (χ1) is 9.08. The van der Waals surface area contributed by atoms with Crippen LogP contribution in [0.15, 0.2) is 12.2 Å². The molecule has 1 aliphatic rings. The summed E-state index contributed by atoms with van der Waals surface area (Å²) in [5.41, 5.74) is 0. The molecular formula is C11H21NO3S4. The normalized spacial score (nSPS) is 18.2. The minimum absolute atomic E-state index is 0.540. The van der Waals surface area contributed by atoms with Crippen molar-refractivity contribution in [2.24, 2.45) is 0 Å². The van der Waals surface area contributed by atoms with Gasteiger partial charge in [-0.3, -0.25) is 4.90 Å². The van der Waals surface area contributed by atoms with Crippen LogP contribution in [-0.4, -0.2) is 69.7 Å². The average molecular weight is 344 g/mol. The topological polar surface area (TPSA) is 46.6 Å². The van der Waals surface area contributed by atoms with Crippen LogP contribution in [0, 0.1) is 0 Å². The first-order valence-electron chi connectivity index (χ1n) is 6.12. The van der Waals surface area contributed by atoms with Crippen LogP contribution in [0.5, 0.6) is 0 Å². The van der Waals surface area contributed by atoms with Gasteiger partial charge in [0, 0.05) is 43.1 Å². The summed E-state index contributed by atoms with van der Waals surface area (Å²) in [6, 6.07) is 0. The van der Waals surface area contributed by atoms with Gasteiger partial charge in [0.05, 0.1) is 13.2 Å². The lowest BCUT2D eigenvalue weighted by Gasteiger charge is -2.26. The van der Waals surface area contributed by atoms with Crippen molar-refractivity contribution >= 4 is 41.3 Å². The van der Waals surface area contributed by atoms with Gasteiger partial charge in [-0.1, -0.05) is 33.7 Å². The third-order valence-corrected chi connectivity index (χ3v) is 7.09. The number of rotatable bonds is 9. The van der Waals surface area contributed by atoms with E-state index in [-0.39, 0.29) is 0 Å². The smallest absolute Gasteiger partial charge is 0.198 e. The molecule has 1 rings (SSSR count). The molecule has 0 aromatic carbocycles. The zero-order valence-corrected chi connectivity index (χ0v) is 14.4. The van der Waals surface area contributed by atoms with Crippen LogP contribution in [0.3, 0.4) is 0 Å². The summed E-state index contributed by atoms with van der Waals surface area (Å²) in [6.07, 6.45) is 5.19. The number of hydrogen-bond acceptors (Lipinski definition) is 7. The molecule has 0 radical (unpaired) electrons. The van der Waals surface area contributed by atoms with Crippen molar-refractivity contribution in [3.63, 3.8) is 0 Å². The fourth-order valence-corrected chi connectivity index (χ4v) is 4.74. The van der Waals surface area contributed by atoms with Crippen LogP contribution in [0.25, 0.3) is 0 Å². The molecule has 0 aliphatic carbocycles. The molecule has 0 spiro atoms. The maximum Gasteiger partial charge on any atom is 0.198 e. The summed E-state index contributed by atoms with van der Waals surface area (Å²) in [6.45, 7) is 4.94. The highest BCUT2D eigenvalue weighted by Gasteiger charge is 2.08. The van der Waals surface area contributed by atoms with Crippen molar-refractivity contribution < 1.29 is 13.2 Å². The first kappa shape index (κ1) is 17.7. The molecule has 0 aromatic rings. The van der Waals surface area contributed by atoms with E-state index in [9.17, 15) is 8.42 Å². The van der Waals surface area contributed by atoms with Crippen molar-refractivity contribution in [2.75, 3.05) is 56.4 Å². The fraction of sp³-hybridized carbons (Fsp3) is 0.818. The maximum atomic E-state index is 10.9. The first-order valence-corrected chi connectivity index (χ1v) is 12.0. The summed E-state index contributed by atoms with van der Waals surface area (Å²) in [5, 5.41) is 0. The lowest BCUT2D eigenvalue weighted by atomic mass is 10.4. The van der Waals surface area contributed by atoms with Crippen LogP contribution in [-0.2, 0) is 13.6 Å². The van der Waals surface area contributed by atoms with Gasteiger partial charge < -0.3 is 4.74 Å². The lowest BCUT2D eigenvalue weighted by Crippen LogP contribution is -2.37. The molecule has 1 heterocycles. The molecule has 0 aromatic heterocycles. The molecule has 4 nitrogen and oxygen atoms in total. The molecule has 1 aliphatic heterocycles. The quantitative estimate of drug-likeness (QED) is 0.360. The molecule has 8 heteroatoms. The second-order valence-corrected chi connectivity index (χ2v) is 11.1. The Morgan fingerprint density at radius 3 is 2.53 bits per heavy atom. The van der Waals surface area contributed by atoms with E-state index >= 15 is 0 Å². The van der Waals surface area contributed by atoms with E-state index < -0.39 is 8.87 Å². The summed E-state index contributed by atoms with van der Waals surface area (Å²) in [7, 11) is 1.75. The van der Waals surface area contributed by atoms with Gasteiger partial charge in [0.15, 0.2) is 8.87 Å². The summed E-state index contributed by atoms with van der Waals surface area (Å²) < 4.78 is 27.0. The van der Waals surface area contributed by atoms with E-state index in [4.69, 9.17) is 4.74 Å². The number of ether oxygens (including phenoxy) is 1. The predicted octanol–water partition coefficient (Wildman–Crippen LogP) is 1.95. The molecule has 0 atom stereocenters. The van der Waals surface area contributed by atoms with Gasteiger partial charge in [0.2, 0.25) is 0 Å². The molecule has 1 fully saturated rings.